The number of aryl methyl sites for hydroxylation is 1. The molecule has 0 bridgehead atoms. The number of nitrogens with one attached hydrogen (secondary N) is 1. The molecule has 5 aromatic rings. The van der Waals surface area contributed by atoms with Gasteiger partial charge in [0.15, 0.2) is 0 Å². The summed E-state index contributed by atoms with van der Waals surface area (Å²) in [4.78, 5) is 15.8. The van der Waals surface area contributed by atoms with Crippen molar-refractivity contribution in [1.82, 2.24) is 19.2 Å². The minimum Gasteiger partial charge on any atom is -0.307 e. The third-order valence-electron chi connectivity index (χ3n) is 7.04. The summed E-state index contributed by atoms with van der Waals surface area (Å²) in [6.45, 7) is 4.12. The second-order valence-electron chi connectivity index (χ2n) is 9.36. The molecule has 0 saturated carbocycles. The zero-order chi connectivity index (χ0) is 26.4. The molecule has 0 aliphatic carbocycles. The number of hydrogen-bond acceptors (Lipinski definition) is 2. The molecule has 1 atom stereocenters. The highest BCUT2D eigenvalue weighted by Gasteiger charge is 2.36. The number of rotatable bonds is 3. The van der Waals surface area contributed by atoms with E-state index in [1.54, 1.807) is 23.1 Å². The summed E-state index contributed by atoms with van der Waals surface area (Å²) in [7, 11) is 0. The van der Waals surface area contributed by atoms with Crippen molar-refractivity contribution in [2.75, 3.05) is 5.32 Å². The predicted octanol–water partition coefficient (Wildman–Crippen LogP) is 7.21. The van der Waals surface area contributed by atoms with Gasteiger partial charge in [0.1, 0.15) is 11.6 Å². The van der Waals surface area contributed by atoms with Gasteiger partial charge in [0, 0.05) is 22.5 Å². The van der Waals surface area contributed by atoms with E-state index in [1.165, 1.54) is 12.1 Å². The molecule has 0 unspecified atom stereocenters. The van der Waals surface area contributed by atoms with Gasteiger partial charge in [-0.05, 0) is 73.5 Å². The molecule has 3 heterocycles. The van der Waals surface area contributed by atoms with Crippen LogP contribution in [0.3, 0.4) is 0 Å². The summed E-state index contributed by atoms with van der Waals surface area (Å²) in [6, 6.07) is 24.8. The first-order valence-electron chi connectivity index (χ1n) is 12.3. The maximum absolute atomic E-state index is 14.0. The molecule has 2 amide bonds. The first-order valence-corrected chi connectivity index (χ1v) is 12.7. The fourth-order valence-electron chi connectivity index (χ4n) is 5.07. The molecule has 190 valence electrons. The predicted molar refractivity (Wildman–Crippen MR) is 147 cm³/mol. The Labute approximate surface area is 224 Å². The molecular weight excluding hydrogens is 501 g/mol. The molecule has 3 aromatic carbocycles. The molecule has 2 aromatic heterocycles. The Hall–Kier alpha value is -4.36. The normalized spacial score (nSPS) is 14.5. The van der Waals surface area contributed by atoms with Gasteiger partial charge in [-0.3, -0.25) is 0 Å². The number of nitrogens with zero attached hydrogens (tertiary/aromatic N) is 4. The quantitative estimate of drug-likeness (QED) is 0.270. The molecular formula is C30H25ClFN5O. The van der Waals surface area contributed by atoms with Gasteiger partial charge in [0.2, 0.25) is 0 Å². The summed E-state index contributed by atoms with van der Waals surface area (Å²) in [5, 5.41) is 8.50. The Morgan fingerprint density at radius 2 is 1.74 bits per heavy atom. The minimum atomic E-state index is -0.485. The van der Waals surface area contributed by atoms with Crippen LogP contribution in [0.5, 0.6) is 0 Å². The lowest BCUT2D eigenvalue weighted by Crippen LogP contribution is -2.38. The number of aromatic nitrogens is 3. The van der Waals surface area contributed by atoms with E-state index >= 15 is 0 Å². The highest BCUT2D eigenvalue weighted by Crippen LogP contribution is 2.39. The maximum Gasteiger partial charge on any atom is 0.322 e. The molecule has 6 rings (SSSR count). The number of halogens is 2. The van der Waals surface area contributed by atoms with Crippen molar-refractivity contribution in [1.29, 1.82) is 0 Å². The van der Waals surface area contributed by atoms with E-state index in [0.29, 0.717) is 17.3 Å². The van der Waals surface area contributed by atoms with E-state index in [4.69, 9.17) is 16.7 Å². The number of hydrogen-bond donors (Lipinski definition) is 1. The molecule has 0 radical (unpaired) electrons. The van der Waals surface area contributed by atoms with Crippen LogP contribution in [-0.4, -0.2) is 25.3 Å². The number of carbonyl (C=O) groups is 1. The maximum atomic E-state index is 14.0. The summed E-state index contributed by atoms with van der Waals surface area (Å²) < 4.78 is 17.9. The number of para-hydroxylation sites is 1. The average Bonchev–Trinajstić information content (AvgIpc) is 3.48. The highest BCUT2D eigenvalue weighted by atomic mass is 35.5. The first-order chi connectivity index (χ1) is 18.4. The Kier molecular flexibility index (Phi) is 6.00. The molecule has 1 N–H and O–H groups in total. The van der Waals surface area contributed by atoms with Gasteiger partial charge < -0.3 is 14.8 Å². The van der Waals surface area contributed by atoms with Crippen LogP contribution in [0.4, 0.5) is 14.9 Å². The number of urea groups is 1. The van der Waals surface area contributed by atoms with Crippen molar-refractivity contribution < 1.29 is 9.18 Å². The number of amides is 2. The van der Waals surface area contributed by atoms with Crippen molar-refractivity contribution >= 4 is 23.3 Å². The summed E-state index contributed by atoms with van der Waals surface area (Å²) in [6.07, 6.45) is 1.98. The summed E-state index contributed by atoms with van der Waals surface area (Å²) in [5.41, 5.74) is 5.75. The van der Waals surface area contributed by atoms with Crippen molar-refractivity contribution in [2.45, 2.75) is 26.4 Å². The monoisotopic (exact) mass is 525 g/mol. The van der Waals surface area contributed by atoms with Crippen molar-refractivity contribution in [2.24, 2.45) is 0 Å². The smallest absolute Gasteiger partial charge is 0.307 e. The van der Waals surface area contributed by atoms with Crippen molar-refractivity contribution in [3.05, 3.63) is 130 Å². The first kappa shape index (κ1) is 24.0. The highest BCUT2D eigenvalue weighted by molar-refractivity contribution is 6.31. The Balaban J connectivity index is 1.54. The van der Waals surface area contributed by atoms with E-state index in [9.17, 15) is 9.18 Å². The lowest BCUT2D eigenvalue weighted by molar-refractivity contribution is 0.194. The van der Waals surface area contributed by atoms with Crippen LogP contribution in [0.25, 0.3) is 11.5 Å². The van der Waals surface area contributed by atoms with Gasteiger partial charge in [0.25, 0.3) is 0 Å². The zero-order valence-corrected chi connectivity index (χ0v) is 21.7. The van der Waals surface area contributed by atoms with E-state index in [0.717, 1.165) is 39.6 Å². The molecule has 0 spiro atoms. The number of anilines is 1. The fourth-order valence-corrected chi connectivity index (χ4v) is 5.25. The van der Waals surface area contributed by atoms with Gasteiger partial charge in [-0.1, -0.05) is 48.0 Å². The van der Waals surface area contributed by atoms with Crippen LogP contribution < -0.4 is 5.32 Å². The fraction of sp³-hybridized carbons (Fsp3) is 0.133. The van der Waals surface area contributed by atoms with Crippen molar-refractivity contribution in [3.8, 4) is 11.5 Å². The van der Waals surface area contributed by atoms with Gasteiger partial charge in [-0.15, -0.1) is 0 Å². The van der Waals surface area contributed by atoms with Crippen molar-refractivity contribution in [3.63, 3.8) is 0 Å². The molecule has 8 heteroatoms. The van der Waals surface area contributed by atoms with E-state index in [2.05, 4.69) is 9.88 Å². The number of carbonyl (C=O) groups excluding carboxylic acids is 1. The minimum absolute atomic E-state index is 0.294. The van der Waals surface area contributed by atoms with E-state index < -0.39 is 6.04 Å². The third kappa shape index (κ3) is 4.05. The number of benzene rings is 3. The Morgan fingerprint density at radius 3 is 2.50 bits per heavy atom. The summed E-state index contributed by atoms with van der Waals surface area (Å²) in [5.74, 6) is 0.539. The molecule has 38 heavy (non-hydrogen) atoms. The van der Waals surface area contributed by atoms with Crippen LogP contribution in [0.1, 0.15) is 34.1 Å². The largest absolute Gasteiger partial charge is 0.322 e. The zero-order valence-electron chi connectivity index (χ0n) is 20.9. The van der Waals surface area contributed by atoms with Crippen LogP contribution in [0.15, 0.2) is 91.1 Å². The Morgan fingerprint density at radius 1 is 0.974 bits per heavy atom. The Bertz CT molecular complexity index is 1640. The standard InChI is InChI=1S/C30H25ClFN5O/c1-19-25(31)10-6-11-26(19)33-30(38)36-18-24-20(2)34-37(23-8-4-3-5-9-23)29(24)35-17-7-12-27(35)28(36)21-13-15-22(32)16-14-21/h3-17,28H,18H2,1-2H3,(H,33,38)/t28-/m1/s1. The van der Waals surface area contributed by atoms with Crippen LogP contribution in [0, 0.1) is 19.7 Å². The van der Waals surface area contributed by atoms with Gasteiger partial charge >= 0.3 is 6.03 Å². The lowest BCUT2D eigenvalue weighted by atomic mass is 10.0. The average molecular weight is 526 g/mol. The third-order valence-corrected chi connectivity index (χ3v) is 7.45. The summed E-state index contributed by atoms with van der Waals surface area (Å²) >= 11 is 6.33. The molecule has 6 nitrogen and oxygen atoms in total. The lowest BCUT2D eigenvalue weighted by Gasteiger charge is -2.31. The topological polar surface area (TPSA) is 55.1 Å². The van der Waals surface area contributed by atoms with Gasteiger partial charge in [-0.2, -0.15) is 5.10 Å². The van der Waals surface area contributed by atoms with Crippen LogP contribution >= 0.6 is 11.6 Å². The van der Waals surface area contributed by atoms with Crippen LogP contribution in [0.2, 0.25) is 5.02 Å². The number of fused-ring (bicyclic) bond motifs is 3. The molecule has 0 saturated heterocycles. The SMILES string of the molecule is Cc1nn(-c2ccccc2)c2c1CN(C(=O)Nc1cccc(Cl)c1C)[C@H](c1ccc(F)cc1)c1cccn1-2. The molecule has 1 aliphatic rings. The van der Waals surface area contributed by atoms with E-state index in [-0.39, 0.29) is 11.8 Å². The molecule has 0 fully saturated rings. The second-order valence-corrected chi connectivity index (χ2v) is 9.77. The van der Waals surface area contributed by atoms with E-state index in [1.807, 2.05) is 79.3 Å². The molecule has 1 aliphatic heterocycles. The van der Waals surface area contributed by atoms with Crippen LogP contribution in [-0.2, 0) is 6.54 Å². The van der Waals surface area contributed by atoms with Gasteiger partial charge in [-0.25, -0.2) is 13.9 Å². The second kappa shape index (κ2) is 9.50. The van der Waals surface area contributed by atoms with Gasteiger partial charge in [0.05, 0.1) is 29.7 Å².